The fourth-order valence-electron chi connectivity index (χ4n) is 3.19. The lowest BCUT2D eigenvalue weighted by Gasteiger charge is -2.32. The van der Waals surface area contributed by atoms with Gasteiger partial charge in [0.2, 0.25) is 0 Å². The van der Waals surface area contributed by atoms with Crippen LogP contribution in [0.15, 0.2) is 0 Å². The van der Waals surface area contributed by atoms with Gasteiger partial charge in [-0.1, -0.05) is 53.4 Å². The zero-order valence-electron chi connectivity index (χ0n) is 17.5. The molecule has 0 N–H and O–H groups in total. The van der Waals surface area contributed by atoms with Crippen LogP contribution >= 0.6 is 0 Å². The number of nitrogens with zero attached hydrogens (tertiary/aromatic N) is 1. The van der Waals surface area contributed by atoms with Gasteiger partial charge in [-0.15, -0.1) is 0 Å². The Kier molecular flexibility index (Phi) is 12.0. The highest BCUT2D eigenvalue weighted by Crippen LogP contribution is 2.39. The van der Waals surface area contributed by atoms with Crippen molar-refractivity contribution in [2.45, 2.75) is 80.1 Å². The molecule has 0 saturated heterocycles. The minimum Gasteiger partial charge on any atom is -0.466 e. The lowest BCUT2D eigenvalue weighted by atomic mass is 9.70. The summed E-state index contributed by atoms with van der Waals surface area (Å²) in [5, 5.41) is 9.98. The molecule has 26 heavy (non-hydrogen) atoms. The van der Waals surface area contributed by atoms with Crippen LogP contribution in [0, 0.1) is 34.5 Å². The van der Waals surface area contributed by atoms with Crippen LogP contribution in [-0.2, 0) is 19.1 Å². The van der Waals surface area contributed by atoms with Gasteiger partial charge in [0.05, 0.1) is 25.2 Å². The number of nitriles is 1. The predicted octanol–water partition coefficient (Wildman–Crippen LogP) is 4.89. The molecule has 150 valence electrons. The van der Waals surface area contributed by atoms with Crippen molar-refractivity contribution in [3.8, 4) is 6.07 Å². The summed E-state index contributed by atoms with van der Waals surface area (Å²) >= 11 is 0. The van der Waals surface area contributed by atoms with E-state index in [0.29, 0.717) is 31.1 Å². The lowest BCUT2D eigenvalue weighted by Crippen LogP contribution is -2.43. The summed E-state index contributed by atoms with van der Waals surface area (Å²) in [5.74, 6) is -0.866. The average molecular weight is 368 g/mol. The molecular weight excluding hydrogens is 330 g/mol. The molecule has 0 aliphatic heterocycles. The zero-order chi connectivity index (χ0) is 20.2. The number of esters is 2. The topological polar surface area (TPSA) is 76.4 Å². The lowest BCUT2D eigenvalue weighted by molar-refractivity contribution is -0.166. The molecule has 5 nitrogen and oxygen atoms in total. The summed E-state index contributed by atoms with van der Waals surface area (Å²) < 4.78 is 10.5. The van der Waals surface area contributed by atoms with Crippen LogP contribution in [-0.4, -0.2) is 25.2 Å². The van der Waals surface area contributed by atoms with Crippen molar-refractivity contribution in [1.29, 1.82) is 5.26 Å². The molecule has 0 amide bonds. The Morgan fingerprint density at radius 3 is 1.92 bits per heavy atom. The van der Waals surface area contributed by atoms with Gasteiger partial charge in [0.25, 0.3) is 0 Å². The number of carbonyl (C=O) groups excluding carboxylic acids is 2. The van der Waals surface area contributed by atoms with E-state index in [9.17, 15) is 14.9 Å². The van der Waals surface area contributed by atoms with E-state index < -0.39 is 23.3 Å². The monoisotopic (exact) mass is 367 g/mol. The Balaban J connectivity index is 5.66. The van der Waals surface area contributed by atoms with E-state index >= 15 is 0 Å². The van der Waals surface area contributed by atoms with Crippen LogP contribution in [0.2, 0.25) is 0 Å². The number of hydrogen-bond donors (Lipinski definition) is 0. The largest absolute Gasteiger partial charge is 0.466 e. The first-order chi connectivity index (χ1) is 12.2. The van der Waals surface area contributed by atoms with Crippen molar-refractivity contribution < 1.29 is 19.1 Å². The summed E-state index contributed by atoms with van der Waals surface area (Å²) in [7, 11) is 0. The van der Waals surface area contributed by atoms with Crippen LogP contribution in [0.1, 0.15) is 80.1 Å². The summed E-state index contributed by atoms with van der Waals surface area (Å²) in [6.07, 6.45) is 4.09. The molecule has 0 radical (unpaired) electrons. The number of hydrogen-bond acceptors (Lipinski definition) is 5. The Labute approximate surface area is 159 Å². The molecule has 2 atom stereocenters. The number of ether oxygens (including phenoxy) is 2. The van der Waals surface area contributed by atoms with Crippen molar-refractivity contribution in [2.24, 2.45) is 23.2 Å². The molecule has 0 saturated carbocycles. The van der Waals surface area contributed by atoms with Crippen LogP contribution < -0.4 is 0 Å². The third-order valence-electron chi connectivity index (χ3n) is 4.63. The highest BCUT2D eigenvalue weighted by Gasteiger charge is 2.51. The van der Waals surface area contributed by atoms with Gasteiger partial charge >= 0.3 is 11.9 Å². The van der Waals surface area contributed by atoms with Crippen LogP contribution in [0.5, 0.6) is 0 Å². The number of rotatable bonds is 13. The summed E-state index contributed by atoms with van der Waals surface area (Å²) in [4.78, 5) is 25.4. The van der Waals surface area contributed by atoms with Crippen LogP contribution in [0.3, 0.4) is 0 Å². The highest BCUT2D eigenvalue weighted by atomic mass is 16.5. The van der Waals surface area contributed by atoms with Crippen molar-refractivity contribution in [1.82, 2.24) is 0 Å². The van der Waals surface area contributed by atoms with Gasteiger partial charge in [-0.05, 0) is 38.5 Å². The predicted molar refractivity (Wildman–Crippen MR) is 102 cm³/mol. The molecule has 0 aliphatic rings. The minimum absolute atomic E-state index is 0.188. The van der Waals surface area contributed by atoms with Gasteiger partial charge in [0.15, 0.2) is 5.41 Å². The first kappa shape index (κ1) is 24.4. The maximum Gasteiger partial charge on any atom is 0.327 e. The van der Waals surface area contributed by atoms with Crippen LogP contribution in [0.4, 0.5) is 0 Å². The van der Waals surface area contributed by atoms with Crippen molar-refractivity contribution in [2.75, 3.05) is 13.2 Å². The van der Waals surface area contributed by atoms with Crippen molar-refractivity contribution in [3.63, 3.8) is 0 Å². The van der Waals surface area contributed by atoms with Gasteiger partial charge in [0, 0.05) is 0 Å². The molecular formula is C21H37NO4. The Hall–Kier alpha value is -1.57. The summed E-state index contributed by atoms with van der Waals surface area (Å²) in [6, 6.07) is 2.18. The smallest absolute Gasteiger partial charge is 0.327 e. The molecule has 0 fully saturated rings. The van der Waals surface area contributed by atoms with E-state index in [1.165, 1.54) is 0 Å². The van der Waals surface area contributed by atoms with Gasteiger partial charge in [-0.25, -0.2) is 0 Å². The third kappa shape index (κ3) is 7.76. The Morgan fingerprint density at radius 1 is 0.923 bits per heavy atom. The van der Waals surface area contributed by atoms with E-state index in [1.807, 2.05) is 0 Å². The molecule has 0 aromatic heterocycles. The molecule has 0 spiro atoms. The van der Waals surface area contributed by atoms with Gasteiger partial charge < -0.3 is 9.47 Å². The molecule has 0 aromatic carbocycles. The van der Waals surface area contributed by atoms with E-state index in [0.717, 1.165) is 19.3 Å². The van der Waals surface area contributed by atoms with Crippen molar-refractivity contribution >= 4 is 11.9 Å². The first-order valence-electron chi connectivity index (χ1n) is 10.00. The molecule has 0 bridgehead atoms. The quantitative estimate of drug-likeness (QED) is 0.433. The van der Waals surface area contributed by atoms with E-state index in [-0.39, 0.29) is 13.2 Å². The highest BCUT2D eigenvalue weighted by molar-refractivity contribution is 5.88. The molecule has 2 unspecified atom stereocenters. The second-order valence-corrected chi connectivity index (χ2v) is 7.72. The van der Waals surface area contributed by atoms with E-state index in [4.69, 9.17) is 9.47 Å². The van der Waals surface area contributed by atoms with Crippen LogP contribution in [0.25, 0.3) is 0 Å². The van der Waals surface area contributed by atoms with Gasteiger partial charge in [0.1, 0.15) is 0 Å². The molecule has 5 heteroatoms. The fourth-order valence-corrected chi connectivity index (χ4v) is 3.19. The molecule has 0 aromatic rings. The zero-order valence-corrected chi connectivity index (χ0v) is 17.5. The normalized spacial score (nSPS) is 14.6. The fraction of sp³-hybridized carbons (Fsp3) is 0.857. The average Bonchev–Trinajstić information content (AvgIpc) is 2.56. The Bertz CT molecular complexity index is 467. The third-order valence-corrected chi connectivity index (χ3v) is 4.63. The Morgan fingerprint density at radius 2 is 1.46 bits per heavy atom. The second kappa shape index (κ2) is 12.7. The van der Waals surface area contributed by atoms with Gasteiger partial charge in [-0.2, -0.15) is 5.26 Å². The second-order valence-electron chi connectivity index (χ2n) is 7.72. The maximum absolute atomic E-state index is 12.8. The molecule has 0 aliphatic carbocycles. The first-order valence-corrected chi connectivity index (χ1v) is 10.00. The maximum atomic E-state index is 12.8. The van der Waals surface area contributed by atoms with Crippen molar-refractivity contribution in [3.05, 3.63) is 0 Å². The minimum atomic E-state index is -1.46. The summed E-state index contributed by atoms with van der Waals surface area (Å²) in [6.45, 7) is 12.3. The van der Waals surface area contributed by atoms with E-state index in [1.54, 1.807) is 13.8 Å². The summed E-state index contributed by atoms with van der Waals surface area (Å²) in [5.41, 5.74) is -1.46. The van der Waals surface area contributed by atoms with E-state index in [2.05, 4.69) is 33.8 Å². The molecule has 0 rings (SSSR count). The van der Waals surface area contributed by atoms with Gasteiger partial charge in [-0.3, -0.25) is 9.59 Å². The standard InChI is InChI=1S/C21H37NO4/c1-7-25-19(23)18(13-9-11-16(3)4)21(15-22,20(24)26-8-2)14-10-12-17(5)6/h16-18H,7-14H2,1-6H3. The SMILES string of the molecule is CCOC(=O)C(CCCC(C)C)C(C#N)(CCCC(C)C)C(=O)OCC. The number of carbonyl (C=O) groups is 2. The molecule has 0 heterocycles.